The maximum atomic E-state index is 12.7. The summed E-state index contributed by atoms with van der Waals surface area (Å²) in [6.45, 7) is 6.20. The standard InChI is InChI=1S/C29H29N3O4S/c1-19-7-8-21(15-20(19)2)29(34)30-11-12-32-17-27(23-5-3-4-6-24(23)32)37-18-28(33)31-22-9-10-25-26(16-22)36-14-13-35-25/h3-10,15-17H,11-14,18H2,1-2H3,(H,30,34)(H,31,33). The van der Waals surface area contributed by atoms with Gasteiger partial charge in [-0.1, -0.05) is 24.3 Å². The Morgan fingerprint density at radius 2 is 1.76 bits per heavy atom. The second-order valence-electron chi connectivity index (χ2n) is 8.95. The Morgan fingerprint density at radius 3 is 2.59 bits per heavy atom. The molecular weight excluding hydrogens is 486 g/mol. The van der Waals surface area contributed by atoms with Crippen LogP contribution in [-0.4, -0.2) is 41.9 Å². The number of ether oxygens (including phenoxy) is 2. The zero-order chi connectivity index (χ0) is 25.8. The van der Waals surface area contributed by atoms with Crippen molar-refractivity contribution in [3.8, 4) is 11.5 Å². The summed E-state index contributed by atoms with van der Waals surface area (Å²) in [5.74, 6) is 1.43. The number of aryl methyl sites for hydroxylation is 2. The molecule has 1 aromatic heterocycles. The van der Waals surface area contributed by atoms with Crippen LogP contribution in [0.5, 0.6) is 11.5 Å². The third-order valence-electron chi connectivity index (χ3n) is 6.34. The van der Waals surface area contributed by atoms with E-state index < -0.39 is 0 Å². The Labute approximate surface area is 220 Å². The number of hydrogen-bond acceptors (Lipinski definition) is 5. The molecule has 37 heavy (non-hydrogen) atoms. The Hall–Kier alpha value is -3.91. The van der Waals surface area contributed by atoms with Crippen molar-refractivity contribution in [3.05, 3.63) is 83.6 Å². The van der Waals surface area contributed by atoms with E-state index in [2.05, 4.69) is 33.5 Å². The molecule has 2 N–H and O–H groups in total. The second kappa shape index (κ2) is 11.0. The third kappa shape index (κ3) is 5.75. The lowest BCUT2D eigenvalue weighted by atomic mass is 10.1. The van der Waals surface area contributed by atoms with Gasteiger partial charge in [0.15, 0.2) is 11.5 Å². The maximum Gasteiger partial charge on any atom is 0.251 e. The molecule has 1 aliphatic rings. The Morgan fingerprint density at radius 1 is 0.946 bits per heavy atom. The first-order chi connectivity index (χ1) is 18.0. The number of aromatic nitrogens is 1. The molecule has 0 saturated heterocycles. The molecule has 4 aromatic rings. The molecule has 0 saturated carbocycles. The summed E-state index contributed by atoms with van der Waals surface area (Å²) < 4.78 is 13.3. The summed E-state index contributed by atoms with van der Waals surface area (Å²) in [6.07, 6.45) is 2.05. The van der Waals surface area contributed by atoms with E-state index in [1.165, 1.54) is 17.3 Å². The predicted molar refractivity (Wildman–Crippen MR) is 147 cm³/mol. The molecule has 0 fully saturated rings. The molecule has 0 bridgehead atoms. The van der Waals surface area contributed by atoms with Crippen LogP contribution in [-0.2, 0) is 11.3 Å². The number of fused-ring (bicyclic) bond motifs is 2. The minimum absolute atomic E-state index is 0.0787. The summed E-state index contributed by atoms with van der Waals surface area (Å²) in [5.41, 5.74) is 4.68. The molecule has 2 amide bonds. The number of carbonyl (C=O) groups excluding carboxylic acids is 2. The Kier molecular flexibility index (Phi) is 7.37. The number of hydrogen-bond donors (Lipinski definition) is 2. The van der Waals surface area contributed by atoms with E-state index in [-0.39, 0.29) is 17.6 Å². The number of anilines is 1. The van der Waals surface area contributed by atoms with Crippen molar-refractivity contribution in [3.63, 3.8) is 0 Å². The first-order valence-corrected chi connectivity index (χ1v) is 13.2. The van der Waals surface area contributed by atoms with Crippen molar-refractivity contribution in [1.29, 1.82) is 0 Å². The van der Waals surface area contributed by atoms with Gasteiger partial charge in [-0.15, -0.1) is 11.8 Å². The summed E-state index contributed by atoms with van der Waals surface area (Å²) in [4.78, 5) is 26.3. The highest BCUT2D eigenvalue weighted by atomic mass is 32.2. The van der Waals surface area contributed by atoms with Gasteiger partial charge in [-0.3, -0.25) is 9.59 Å². The minimum atomic E-state index is -0.0980. The zero-order valence-corrected chi connectivity index (χ0v) is 21.7. The monoisotopic (exact) mass is 515 g/mol. The molecule has 2 heterocycles. The number of benzene rings is 3. The molecule has 190 valence electrons. The van der Waals surface area contributed by atoms with Crippen LogP contribution in [0.3, 0.4) is 0 Å². The molecule has 0 radical (unpaired) electrons. The molecule has 5 rings (SSSR count). The lowest BCUT2D eigenvalue weighted by molar-refractivity contribution is -0.113. The van der Waals surface area contributed by atoms with Crippen LogP contribution in [0.25, 0.3) is 10.9 Å². The Balaban J connectivity index is 1.20. The van der Waals surface area contributed by atoms with E-state index in [4.69, 9.17) is 9.47 Å². The minimum Gasteiger partial charge on any atom is -0.486 e. The van der Waals surface area contributed by atoms with Gasteiger partial charge >= 0.3 is 0 Å². The highest BCUT2D eigenvalue weighted by Crippen LogP contribution is 2.33. The molecule has 0 unspecified atom stereocenters. The van der Waals surface area contributed by atoms with Crippen molar-refractivity contribution in [2.75, 3.05) is 30.8 Å². The lowest BCUT2D eigenvalue weighted by Gasteiger charge is -2.19. The van der Waals surface area contributed by atoms with Crippen LogP contribution in [0.15, 0.2) is 71.8 Å². The van der Waals surface area contributed by atoms with E-state index in [0.717, 1.165) is 21.4 Å². The topological polar surface area (TPSA) is 81.6 Å². The highest BCUT2D eigenvalue weighted by Gasteiger charge is 2.15. The molecule has 0 atom stereocenters. The van der Waals surface area contributed by atoms with Crippen LogP contribution in [0.2, 0.25) is 0 Å². The first-order valence-electron chi connectivity index (χ1n) is 12.2. The van der Waals surface area contributed by atoms with Gasteiger partial charge < -0.3 is 24.7 Å². The van der Waals surface area contributed by atoms with Crippen molar-refractivity contribution in [2.24, 2.45) is 0 Å². The summed E-state index contributed by atoms with van der Waals surface area (Å²) in [5, 5.41) is 7.04. The van der Waals surface area contributed by atoms with Gasteiger partial charge in [0.25, 0.3) is 5.91 Å². The van der Waals surface area contributed by atoms with E-state index >= 15 is 0 Å². The van der Waals surface area contributed by atoms with E-state index in [1.807, 2.05) is 56.3 Å². The number of amides is 2. The summed E-state index contributed by atoms with van der Waals surface area (Å²) in [7, 11) is 0. The van der Waals surface area contributed by atoms with E-state index in [9.17, 15) is 9.59 Å². The number of nitrogens with one attached hydrogen (secondary N) is 2. The van der Waals surface area contributed by atoms with Gasteiger partial charge in [0.1, 0.15) is 13.2 Å². The number of nitrogens with zero attached hydrogens (tertiary/aromatic N) is 1. The molecule has 3 aromatic carbocycles. The van der Waals surface area contributed by atoms with Crippen LogP contribution in [0, 0.1) is 13.8 Å². The lowest BCUT2D eigenvalue weighted by Crippen LogP contribution is -2.27. The van der Waals surface area contributed by atoms with Gasteiger partial charge in [-0.05, 0) is 55.3 Å². The number of rotatable bonds is 8. The van der Waals surface area contributed by atoms with Gasteiger partial charge in [-0.25, -0.2) is 0 Å². The van der Waals surface area contributed by atoms with Crippen molar-refractivity contribution < 1.29 is 19.1 Å². The van der Waals surface area contributed by atoms with Gasteiger partial charge in [-0.2, -0.15) is 0 Å². The number of carbonyl (C=O) groups is 2. The fraction of sp³-hybridized carbons (Fsp3) is 0.241. The molecular formula is C29H29N3O4S. The smallest absolute Gasteiger partial charge is 0.251 e. The van der Waals surface area contributed by atoms with E-state index in [1.54, 1.807) is 6.07 Å². The quantitative estimate of drug-likeness (QED) is 0.316. The Bertz CT molecular complexity index is 1460. The fourth-order valence-corrected chi connectivity index (χ4v) is 5.14. The third-order valence-corrected chi connectivity index (χ3v) is 7.39. The van der Waals surface area contributed by atoms with Crippen molar-refractivity contribution in [2.45, 2.75) is 25.3 Å². The predicted octanol–water partition coefficient (Wildman–Crippen LogP) is 5.19. The van der Waals surface area contributed by atoms with Crippen LogP contribution in [0.1, 0.15) is 21.5 Å². The van der Waals surface area contributed by atoms with Crippen molar-refractivity contribution in [1.82, 2.24) is 9.88 Å². The summed E-state index contributed by atoms with van der Waals surface area (Å²) >= 11 is 1.49. The highest BCUT2D eigenvalue weighted by molar-refractivity contribution is 8.00. The van der Waals surface area contributed by atoms with Gasteiger partial charge in [0.2, 0.25) is 5.91 Å². The SMILES string of the molecule is Cc1ccc(C(=O)NCCn2cc(SCC(=O)Nc3ccc4c(c3)OCCO4)c3ccccc32)cc1C. The average molecular weight is 516 g/mol. The van der Waals surface area contributed by atoms with Crippen LogP contribution >= 0.6 is 11.8 Å². The summed E-state index contributed by atoms with van der Waals surface area (Å²) in [6, 6.07) is 19.3. The van der Waals surface area contributed by atoms with Crippen LogP contribution < -0.4 is 20.1 Å². The fourth-order valence-electron chi connectivity index (χ4n) is 4.25. The largest absolute Gasteiger partial charge is 0.486 e. The normalized spacial score (nSPS) is 12.4. The molecule has 0 spiro atoms. The molecule has 1 aliphatic heterocycles. The van der Waals surface area contributed by atoms with Gasteiger partial charge in [0.05, 0.1) is 5.75 Å². The second-order valence-corrected chi connectivity index (χ2v) is 9.97. The maximum absolute atomic E-state index is 12.7. The number of para-hydroxylation sites is 1. The van der Waals surface area contributed by atoms with Crippen LogP contribution in [0.4, 0.5) is 5.69 Å². The molecule has 8 heteroatoms. The van der Waals surface area contributed by atoms with Crippen molar-refractivity contribution >= 4 is 40.2 Å². The zero-order valence-electron chi connectivity index (χ0n) is 20.9. The van der Waals surface area contributed by atoms with Gasteiger partial charge in [0, 0.05) is 52.4 Å². The first kappa shape index (κ1) is 24.8. The average Bonchev–Trinajstić information content (AvgIpc) is 3.26. The van der Waals surface area contributed by atoms with E-state index in [0.29, 0.717) is 49.1 Å². The molecule has 0 aliphatic carbocycles. The molecule has 7 nitrogen and oxygen atoms in total. The number of thioether (sulfide) groups is 1.